The predicted octanol–water partition coefficient (Wildman–Crippen LogP) is -0.804. The smallest absolute Gasteiger partial charge is 0.187 e. The minimum absolute atomic E-state index is 0.00694. The predicted molar refractivity (Wildman–Crippen MR) is 53.8 cm³/mol. The molecule has 0 aliphatic rings. The van der Waals surface area contributed by atoms with E-state index in [9.17, 15) is 4.21 Å². The molecule has 2 atom stereocenters. The Bertz CT molecular complexity index is 313. The quantitative estimate of drug-likeness (QED) is 0.697. The molecule has 14 heavy (non-hydrogen) atoms. The normalized spacial score (nSPS) is 15.4. The van der Waals surface area contributed by atoms with Gasteiger partial charge in [0.2, 0.25) is 0 Å². The topological polar surface area (TPSA) is 86.7 Å². The average Bonchev–Trinajstić information content (AvgIpc) is 2.50. The monoisotopic (exact) mass is 217 g/mol. The molecule has 0 amide bonds. The maximum Gasteiger partial charge on any atom is 0.187 e. The van der Waals surface area contributed by atoms with Gasteiger partial charge in [-0.3, -0.25) is 4.21 Å². The van der Waals surface area contributed by atoms with Gasteiger partial charge in [-0.05, 0) is 11.6 Å². The van der Waals surface area contributed by atoms with Crippen molar-refractivity contribution in [3.63, 3.8) is 0 Å². The zero-order valence-electron chi connectivity index (χ0n) is 8.38. The van der Waals surface area contributed by atoms with Crippen molar-refractivity contribution in [3.8, 4) is 0 Å². The highest BCUT2D eigenvalue weighted by molar-refractivity contribution is 7.84. The van der Waals surface area contributed by atoms with Crippen LogP contribution in [0.1, 0.15) is 19.2 Å². The van der Waals surface area contributed by atoms with Crippen LogP contribution in [0.15, 0.2) is 0 Å². The van der Waals surface area contributed by atoms with Crippen LogP contribution in [0.25, 0.3) is 0 Å². The second kappa shape index (κ2) is 5.16. The highest BCUT2D eigenvalue weighted by Gasteiger charge is 2.09. The van der Waals surface area contributed by atoms with Crippen LogP contribution < -0.4 is 5.73 Å². The number of hydrogen-bond acceptors (Lipinski definition) is 5. The summed E-state index contributed by atoms with van der Waals surface area (Å²) < 4.78 is 11.5. The Labute approximate surface area is 85.3 Å². The Morgan fingerprint density at radius 2 is 2.36 bits per heavy atom. The minimum atomic E-state index is -0.991. The number of aromatic nitrogens is 4. The molecule has 0 aliphatic carbocycles. The fraction of sp³-hybridized carbons (Fsp3) is 0.857. The second-order valence-electron chi connectivity index (χ2n) is 3.11. The fourth-order valence-electron chi connectivity index (χ4n) is 0.941. The third kappa shape index (κ3) is 3.51. The molecule has 6 nitrogen and oxygen atoms in total. The summed E-state index contributed by atoms with van der Waals surface area (Å²) in [5, 5.41) is 11.4. The van der Waals surface area contributed by atoms with E-state index in [1.165, 1.54) is 4.80 Å². The number of aryl methyl sites for hydroxylation is 1. The van der Waals surface area contributed by atoms with E-state index in [1.54, 1.807) is 7.05 Å². The number of hydrogen-bond donors (Lipinski definition) is 1. The Balaban J connectivity index is 2.41. The highest BCUT2D eigenvalue weighted by atomic mass is 32.2. The van der Waals surface area contributed by atoms with E-state index in [1.807, 2.05) is 6.92 Å². The molecule has 0 fully saturated rings. The summed E-state index contributed by atoms with van der Waals surface area (Å²) in [6.07, 6.45) is 0.833. The van der Waals surface area contributed by atoms with E-state index in [-0.39, 0.29) is 6.04 Å². The summed E-state index contributed by atoms with van der Waals surface area (Å²) in [6, 6.07) is -0.00694. The van der Waals surface area contributed by atoms with Crippen molar-refractivity contribution in [2.75, 3.05) is 5.75 Å². The van der Waals surface area contributed by atoms with Crippen LogP contribution in [0.2, 0.25) is 0 Å². The number of nitrogens with two attached hydrogens (primary N) is 1. The van der Waals surface area contributed by atoms with E-state index < -0.39 is 10.8 Å². The van der Waals surface area contributed by atoms with Crippen molar-refractivity contribution in [1.29, 1.82) is 0 Å². The largest absolute Gasteiger partial charge is 0.327 e. The van der Waals surface area contributed by atoms with Crippen LogP contribution in [0.4, 0.5) is 0 Å². The van der Waals surface area contributed by atoms with Gasteiger partial charge in [0.15, 0.2) is 5.82 Å². The van der Waals surface area contributed by atoms with Crippen LogP contribution in [0.3, 0.4) is 0 Å². The molecule has 0 radical (unpaired) electrons. The lowest BCUT2D eigenvalue weighted by atomic mass is 10.3. The summed E-state index contributed by atoms with van der Waals surface area (Å²) in [4.78, 5) is 1.35. The summed E-state index contributed by atoms with van der Waals surface area (Å²) >= 11 is 0. The Morgan fingerprint density at radius 3 is 2.86 bits per heavy atom. The molecule has 1 aromatic rings. The summed E-state index contributed by atoms with van der Waals surface area (Å²) in [5.41, 5.74) is 5.68. The Hall–Kier alpha value is -0.820. The SMILES string of the molecule is CCC(N)CS(=O)Cc1nnn(C)n1. The van der Waals surface area contributed by atoms with Crippen molar-refractivity contribution in [2.24, 2.45) is 12.8 Å². The zero-order valence-corrected chi connectivity index (χ0v) is 9.20. The molecule has 1 rings (SSSR count). The van der Waals surface area contributed by atoms with Crippen molar-refractivity contribution in [1.82, 2.24) is 20.2 Å². The third-order valence-electron chi connectivity index (χ3n) is 1.76. The minimum Gasteiger partial charge on any atom is -0.327 e. The van der Waals surface area contributed by atoms with E-state index in [4.69, 9.17) is 5.73 Å². The van der Waals surface area contributed by atoms with Crippen molar-refractivity contribution < 1.29 is 4.21 Å². The Morgan fingerprint density at radius 1 is 1.64 bits per heavy atom. The van der Waals surface area contributed by atoms with Gasteiger partial charge in [0.1, 0.15) is 0 Å². The molecule has 80 valence electrons. The van der Waals surface area contributed by atoms with Gasteiger partial charge in [-0.1, -0.05) is 6.92 Å². The molecule has 0 aliphatic heterocycles. The molecule has 1 aromatic heterocycles. The van der Waals surface area contributed by atoms with Gasteiger partial charge in [-0.25, -0.2) is 0 Å². The number of rotatable bonds is 5. The van der Waals surface area contributed by atoms with E-state index in [2.05, 4.69) is 15.4 Å². The Kier molecular flexibility index (Phi) is 4.15. The van der Waals surface area contributed by atoms with Crippen LogP contribution in [0, 0.1) is 0 Å². The molecule has 0 saturated carbocycles. The standard InChI is InChI=1S/C7H15N5OS/c1-3-6(8)4-14(13)5-7-9-11-12(2)10-7/h6H,3-5,8H2,1-2H3. The van der Waals surface area contributed by atoms with Crippen LogP contribution in [-0.2, 0) is 23.6 Å². The van der Waals surface area contributed by atoms with Crippen LogP contribution >= 0.6 is 0 Å². The molecule has 2 N–H and O–H groups in total. The van der Waals surface area contributed by atoms with Gasteiger partial charge >= 0.3 is 0 Å². The summed E-state index contributed by atoms with van der Waals surface area (Å²) in [7, 11) is 0.687. The van der Waals surface area contributed by atoms with Gasteiger partial charge < -0.3 is 5.73 Å². The molecule has 1 heterocycles. The summed E-state index contributed by atoms with van der Waals surface area (Å²) in [5.74, 6) is 1.34. The molecule has 2 unspecified atom stereocenters. The highest BCUT2D eigenvalue weighted by Crippen LogP contribution is 1.97. The molecular formula is C7H15N5OS. The van der Waals surface area contributed by atoms with Gasteiger partial charge in [-0.15, -0.1) is 10.2 Å². The molecular weight excluding hydrogens is 202 g/mol. The maximum atomic E-state index is 11.5. The first-order valence-corrected chi connectivity index (χ1v) is 5.94. The van der Waals surface area contributed by atoms with Crippen LogP contribution in [0.5, 0.6) is 0 Å². The van der Waals surface area contributed by atoms with Crippen molar-refractivity contribution in [3.05, 3.63) is 5.82 Å². The van der Waals surface area contributed by atoms with E-state index in [0.717, 1.165) is 6.42 Å². The van der Waals surface area contributed by atoms with E-state index >= 15 is 0 Å². The number of nitrogens with zero attached hydrogens (tertiary/aromatic N) is 4. The molecule has 0 bridgehead atoms. The van der Waals surface area contributed by atoms with Crippen LogP contribution in [-0.4, -0.2) is 36.2 Å². The lowest BCUT2D eigenvalue weighted by molar-refractivity contribution is 0.628. The van der Waals surface area contributed by atoms with Gasteiger partial charge in [-0.2, -0.15) is 4.80 Å². The molecule has 7 heteroatoms. The van der Waals surface area contributed by atoms with Gasteiger partial charge in [0.25, 0.3) is 0 Å². The first-order chi connectivity index (χ1) is 6.61. The fourth-order valence-corrected chi connectivity index (χ4v) is 2.18. The molecule has 0 saturated heterocycles. The molecule has 0 aromatic carbocycles. The van der Waals surface area contributed by atoms with Crippen molar-refractivity contribution in [2.45, 2.75) is 25.1 Å². The first-order valence-electron chi connectivity index (χ1n) is 4.45. The summed E-state index contributed by atoms with van der Waals surface area (Å²) in [6.45, 7) is 1.97. The van der Waals surface area contributed by atoms with Gasteiger partial charge in [0, 0.05) is 22.6 Å². The average molecular weight is 217 g/mol. The second-order valence-corrected chi connectivity index (χ2v) is 4.62. The lowest BCUT2D eigenvalue weighted by Crippen LogP contribution is -2.26. The van der Waals surface area contributed by atoms with Gasteiger partial charge in [0.05, 0.1) is 12.8 Å². The zero-order chi connectivity index (χ0) is 10.6. The molecule has 0 spiro atoms. The van der Waals surface area contributed by atoms with E-state index in [0.29, 0.717) is 17.3 Å². The first kappa shape index (κ1) is 11.3. The lowest BCUT2D eigenvalue weighted by Gasteiger charge is -2.06. The third-order valence-corrected chi connectivity index (χ3v) is 3.14. The number of tetrazole rings is 1. The van der Waals surface area contributed by atoms with Crippen molar-refractivity contribution >= 4 is 10.8 Å². The maximum absolute atomic E-state index is 11.5.